The second-order valence-electron chi connectivity index (χ2n) is 7.21. The van der Waals surface area contributed by atoms with Crippen molar-refractivity contribution < 1.29 is 9.21 Å². The molecule has 3 heteroatoms. The highest BCUT2D eigenvalue weighted by Crippen LogP contribution is 2.35. The molecule has 0 spiro atoms. The van der Waals surface area contributed by atoms with Crippen LogP contribution in [0.1, 0.15) is 61.1 Å². The third-order valence-corrected chi connectivity index (χ3v) is 5.37. The molecular weight excluding hydrogens is 298 g/mol. The second kappa shape index (κ2) is 6.46. The first-order chi connectivity index (χ1) is 11.7. The van der Waals surface area contributed by atoms with Crippen LogP contribution in [0.15, 0.2) is 41.0 Å². The molecule has 126 valence electrons. The predicted octanol–water partition coefficient (Wildman–Crippen LogP) is 4.45. The van der Waals surface area contributed by atoms with Crippen LogP contribution in [-0.4, -0.2) is 16.8 Å². The van der Waals surface area contributed by atoms with Gasteiger partial charge in [0.15, 0.2) is 0 Å². The normalized spacial score (nSPS) is 18.0. The van der Waals surface area contributed by atoms with E-state index < -0.39 is 0 Å². The number of aryl methyl sites for hydroxylation is 2. The van der Waals surface area contributed by atoms with Crippen LogP contribution < -0.4 is 0 Å². The number of carbonyl (C=O) groups excluding carboxylic acids is 1. The Kier molecular flexibility index (Phi) is 4.17. The lowest BCUT2D eigenvalue weighted by Gasteiger charge is -2.28. The molecule has 1 unspecified atom stereocenters. The number of hydrogen-bond donors (Lipinski definition) is 0. The van der Waals surface area contributed by atoms with Crippen molar-refractivity contribution in [3.05, 3.63) is 59.0 Å². The van der Waals surface area contributed by atoms with Gasteiger partial charge in [-0.25, -0.2) is 0 Å². The summed E-state index contributed by atoms with van der Waals surface area (Å²) >= 11 is 0. The highest BCUT2D eigenvalue weighted by atomic mass is 16.3. The number of rotatable bonds is 5. The van der Waals surface area contributed by atoms with E-state index in [4.69, 9.17) is 4.42 Å². The third kappa shape index (κ3) is 3.12. The molecule has 2 aliphatic carbocycles. The van der Waals surface area contributed by atoms with E-state index in [1.165, 1.54) is 30.4 Å². The number of hydrogen-bond acceptors (Lipinski definition) is 2. The van der Waals surface area contributed by atoms with E-state index in [-0.39, 0.29) is 11.9 Å². The molecule has 0 N–H and O–H groups in total. The maximum Gasteiger partial charge on any atom is 0.227 e. The highest BCUT2D eigenvalue weighted by Gasteiger charge is 2.37. The number of benzene rings is 1. The molecule has 2 aliphatic rings. The van der Waals surface area contributed by atoms with Crippen molar-refractivity contribution in [2.75, 3.05) is 0 Å². The topological polar surface area (TPSA) is 33.5 Å². The Morgan fingerprint density at radius 2 is 2.00 bits per heavy atom. The predicted molar refractivity (Wildman–Crippen MR) is 93.8 cm³/mol. The number of nitrogens with zero attached hydrogens (tertiary/aromatic N) is 1. The molecule has 3 nitrogen and oxygen atoms in total. The highest BCUT2D eigenvalue weighted by molar-refractivity contribution is 5.80. The van der Waals surface area contributed by atoms with Gasteiger partial charge in [-0.2, -0.15) is 0 Å². The van der Waals surface area contributed by atoms with Crippen LogP contribution in [-0.2, 0) is 24.1 Å². The summed E-state index contributed by atoms with van der Waals surface area (Å²) in [6.45, 7) is 2.07. The number of amides is 1. The van der Waals surface area contributed by atoms with Crippen LogP contribution in [0.2, 0.25) is 0 Å². The minimum absolute atomic E-state index is 0.0117. The van der Waals surface area contributed by atoms with E-state index >= 15 is 0 Å². The fraction of sp³-hybridized carbons (Fsp3) is 0.476. The average molecular weight is 323 g/mol. The lowest BCUT2D eigenvalue weighted by atomic mass is 9.90. The summed E-state index contributed by atoms with van der Waals surface area (Å²) < 4.78 is 5.54. The molecule has 1 heterocycles. The Balaban J connectivity index is 1.51. The SMILES string of the molecule is CC(c1ccco1)N(C(=O)Cc1ccc2c(c1)CCCC2)C1CC1. The molecule has 1 atom stereocenters. The molecule has 2 aromatic rings. The fourth-order valence-corrected chi connectivity index (χ4v) is 3.92. The zero-order chi connectivity index (χ0) is 16.5. The summed E-state index contributed by atoms with van der Waals surface area (Å²) in [5.74, 6) is 1.10. The van der Waals surface area contributed by atoms with Crippen LogP contribution in [0.25, 0.3) is 0 Å². The molecule has 24 heavy (non-hydrogen) atoms. The van der Waals surface area contributed by atoms with Crippen LogP contribution in [0.5, 0.6) is 0 Å². The van der Waals surface area contributed by atoms with Crippen LogP contribution in [0.4, 0.5) is 0 Å². The van der Waals surface area contributed by atoms with E-state index in [2.05, 4.69) is 25.1 Å². The molecule has 0 radical (unpaired) electrons. The standard InChI is InChI=1S/C21H25NO2/c1-15(20-7-4-12-24-20)22(19-10-11-19)21(23)14-16-8-9-17-5-2-3-6-18(17)13-16/h4,7-9,12-13,15,19H,2-3,5-6,10-11,14H2,1H3. The van der Waals surface area contributed by atoms with E-state index in [1.807, 2.05) is 17.0 Å². The maximum atomic E-state index is 13.0. The summed E-state index contributed by atoms with van der Waals surface area (Å²) in [7, 11) is 0. The minimum Gasteiger partial charge on any atom is -0.467 e. The van der Waals surface area contributed by atoms with E-state index in [9.17, 15) is 4.79 Å². The van der Waals surface area contributed by atoms with Gasteiger partial charge in [-0.3, -0.25) is 4.79 Å². The van der Waals surface area contributed by atoms with Crippen molar-refractivity contribution in [3.8, 4) is 0 Å². The summed E-state index contributed by atoms with van der Waals surface area (Å²) in [5, 5.41) is 0. The zero-order valence-corrected chi connectivity index (χ0v) is 14.3. The Labute approximate surface area is 143 Å². The quantitative estimate of drug-likeness (QED) is 0.814. The molecule has 0 aliphatic heterocycles. The molecule has 1 fully saturated rings. The third-order valence-electron chi connectivity index (χ3n) is 5.37. The van der Waals surface area contributed by atoms with Gasteiger partial charge in [-0.15, -0.1) is 0 Å². The Hall–Kier alpha value is -2.03. The Morgan fingerprint density at radius 3 is 2.71 bits per heavy atom. The molecule has 1 aromatic heterocycles. The molecule has 1 saturated carbocycles. The molecular formula is C21H25NO2. The van der Waals surface area contributed by atoms with Gasteiger partial charge in [0, 0.05) is 6.04 Å². The number of furan rings is 1. The van der Waals surface area contributed by atoms with Crippen molar-refractivity contribution in [1.29, 1.82) is 0 Å². The van der Waals surface area contributed by atoms with Crippen molar-refractivity contribution in [3.63, 3.8) is 0 Å². The van der Waals surface area contributed by atoms with Crippen LogP contribution in [0.3, 0.4) is 0 Å². The number of fused-ring (bicyclic) bond motifs is 1. The summed E-state index contributed by atoms with van der Waals surface area (Å²) in [5.41, 5.74) is 4.07. The largest absolute Gasteiger partial charge is 0.467 e. The summed E-state index contributed by atoms with van der Waals surface area (Å²) in [6, 6.07) is 10.9. The van der Waals surface area contributed by atoms with Gasteiger partial charge in [-0.05, 0) is 74.3 Å². The lowest BCUT2D eigenvalue weighted by molar-refractivity contribution is -0.133. The second-order valence-corrected chi connectivity index (χ2v) is 7.21. The first-order valence-corrected chi connectivity index (χ1v) is 9.17. The summed E-state index contributed by atoms with van der Waals surface area (Å²) in [6.07, 6.45) is 9.32. The molecule has 0 bridgehead atoms. The van der Waals surface area contributed by atoms with E-state index in [0.29, 0.717) is 12.5 Å². The minimum atomic E-state index is 0.0117. The smallest absolute Gasteiger partial charge is 0.227 e. The van der Waals surface area contributed by atoms with Gasteiger partial charge >= 0.3 is 0 Å². The van der Waals surface area contributed by atoms with Crippen LogP contribution in [0, 0.1) is 0 Å². The molecule has 1 aromatic carbocycles. The van der Waals surface area contributed by atoms with E-state index in [0.717, 1.165) is 30.6 Å². The molecule has 1 amide bonds. The van der Waals surface area contributed by atoms with Crippen molar-refractivity contribution >= 4 is 5.91 Å². The van der Waals surface area contributed by atoms with Gasteiger partial charge < -0.3 is 9.32 Å². The fourth-order valence-electron chi connectivity index (χ4n) is 3.92. The maximum absolute atomic E-state index is 13.0. The van der Waals surface area contributed by atoms with Gasteiger partial charge in [0.05, 0.1) is 18.7 Å². The van der Waals surface area contributed by atoms with Crippen molar-refractivity contribution in [1.82, 2.24) is 4.90 Å². The van der Waals surface area contributed by atoms with Gasteiger partial charge in [0.25, 0.3) is 0 Å². The van der Waals surface area contributed by atoms with Crippen molar-refractivity contribution in [2.24, 2.45) is 0 Å². The molecule has 0 saturated heterocycles. The average Bonchev–Trinajstić information content (AvgIpc) is 3.26. The van der Waals surface area contributed by atoms with E-state index in [1.54, 1.807) is 6.26 Å². The van der Waals surface area contributed by atoms with Gasteiger partial charge in [0.2, 0.25) is 5.91 Å². The first-order valence-electron chi connectivity index (χ1n) is 9.17. The Bertz CT molecular complexity index is 715. The van der Waals surface area contributed by atoms with Gasteiger partial charge in [0.1, 0.15) is 5.76 Å². The Morgan fingerprint density at radius 1 is 1.21 bits per heavy atom. The first kappa shape index (κ1) is 15.5. The lowest BCUT2D eigenvalue weighted by Crippen LogP contribution is -2.36. The van der Waals surface area contributed by atoms with Crippen molar-refractivity contribution in [2.45, 2.75) is 64.0 Å². The number of carbonyl (C=O) groups is 1. The van der Waals surface area contributed by atoms with Crippen LogP contribution >= 0.6 is 0 Å². The molecule has 4 rings (SSSR count). The summed E-state index contributed by atoms with van der Waals surface area (Å²) in [4.78, 5) is 15.0. The monoisotopic (exact) mass is 323 g/mol. The zero-order valence-electron chi connectivity index (χ0n) is 14.3. The van der Waals surface area contributed by atoms with Gasteiger partial charge in [-0.1, -0.05) is 18.2 Å².